The third-order valence-electron chi connectivity index (χ3n) is 7.79. The van der Waals surface area contributed by atoms with Crippen LogP contribution < -0.4 is 0 Å². The van der Waals surface area contributed by atoms with Crippen molar-refractivity contribution in [3.05, 3.63) is 142 Å². The minimum absolute atomic E-state index is 0.0256. The summed E-state index contributed by atoms with van der Waals surface area (Å²) in [5, 5.41) is 0.523. The Hall–Kier alpha value is -3.48. The van der Waals surface area contributed by atoms with Gasteiger partial charge in [0.1, 0.15) is 18.8 Å². The molecule has 0 aromatic heterocycles. The second-order valence-corrected chi connectivity index (χ2v) is 11.1. The number of benzene rings is 4. The van der Waals surface area contributed by atoms with Crippen molar-refractivity contribution in [1.82, 2.24) is 0 Å². The van der Waals surface area contributed by atoms with Crippen LogP contribution in [0.5, 0.6) is 0 Å². The highest BCUT2D eigenvalue weighted by Gasteiger charge is 2.45. The highest BCUT2D eigenvalue weighted by molar-refractivity contribution is 6.31. The molecule has 5 rings (SSSR count). The van der Waals surface area contributed by atoms with E-state index in [1.165, 1.54) is 0 Å². The van der Waals surface area contributed by atoms with Crippen LogP contribution in [0.15, 0.2) is 109 Å². The summed E-state index contributed by atoms with van der Waals surface area (Å²) in [6, 6.07) is 35.0. The van der Waals surface area contributed by atoms with E-state index in [2.05, 4.69) is 38.1 Å². The number of rotatable bonds is 11. The van der Waals surface area contributed by atoms with Gasteiger partial charge in [0.05, 0.1) is 31.0 Å². The van der Waals surface area contributed by atoms with E-state index in [0.29, 0.717) is 29.4 Å². The Morgan fingerprint density at radius 1 is 0.762 bits per heavy atom. The van der Waals surface area contributed by atoms with Crippen LogP contribution in [0.25, 0.3) is 0 Å². The topological polar surface area (TPSA) is 54.0 Å². The molecule has 5 nitrogen and oxygen atoms in total. The maximum Gasteiger partial charge on any atom is 0.338 e. The van der Waals surface area contributed by atoms with Crippen molar-refractivity contribution in [2.24, 2.45) is 5.92 Å². The molecule has 5 atom stereocenters. The number of halogens is 1. The molecule has 0 spiro atoms. The molecule has 1 saturated heterocycles. The fourth-order valence-electron chi connectivity index (χ4n) is 5.45. The van der Waals surface area contributed by atoms with Gasteiger partial charge in [-0.15, -0.1) is 0 Å². The van der Waals surface area contributed by atoms with E-state index in [1.54, 1.807) is 12.1 Å². The van der Waals surface area contributed by atoms with Crippen LogP contribution in [0, 0.1) is 5.92 Å². The third kappa shape index (κ3) is 7.47. The molecular formula is C36H37ClO5. The summed E-state index contributed by atoms with van der Waals surface area (Å²) in [5.74, 6) is -0.293. The zero-order valence-electron chi connectivity index (χ0n) is 24.0. The SMILES string of the molecule is CC[C@H]1O[C@@H](c2ccc(Cl)c(COC(=O)c3ccccc3)c2)[C@H](OCc2ccccc2)[C@@H](OCc2ccccc2)[C@@H]1C. The van der Waals surface area contributed by atoms with Crippen molar-refractivity contribution in [1.29, 1.82) is 0 Å². The number of esters is 1. The van der Waals surface area contributed by atoms with Gasteiger partial charge in [0, 0.05) is 16.5 Å². The molecule has 1 fully saturated rings. The molecule has 0 bridgehead atoms. The quantitative estimate of drug-likeness (QED) is 0.166. The third-order valence-corrected chi connectivity index (χ3v) is 8.16. The monoisotopic (exact) mass is 584 g/mol. The zero-order valence-corrected chi connectivity index (χ0v) is 24.8. The summed E-state index contributed by atoms with van der Waals surface area (Å²) in [4.78, 5) is 12.6. The lowest BCUT2D eigenvalue weighted by Crippen LogP contribution is -2.51. The second-order valence-electron chi connectivity index (χ2n) is 10.7. The molecule has 1 heterocycles. The Kier molecular flexibility index (Phi) is 10.4. The van der Waals surface area contributed by atoms with Crippen molar-refractivity contribution in [3.63, 3.8) is 0 Å². The Morgan fingerprint density at radius 3 is 1.93 bits per heavy atom. The molecule has 1 aliphatic heterocycles. The summed E-state index contributed by atoms with van der Waals surface area (Å²) >= 11 is 6.58. The van der Waals surface area contributed by atoms with Crippen LogP contribution in [0.4, 0.5) is 0 Å². The van der Waals surface area contributed by atoms with E-state index in [1.807, 2.05) is 72.8 Å². The highest BCUT2D eigenvalue weighted by atomic mass is 35.5. The fourth-order valence-corrected chi connectivity index (χ4v) is 5.63. The largest absolute Gasteiger partial charge is 0.457 e. The molecule has 0 N–H and O–H groups in total. The molecule has 0 unspecified atom stereocenters. The maximum absolute atomic E-state index is 12.6. The first-order valence-corrected chi connectivity index (χ1v) is 14.9. The zero-order chi connectivity index (χ0) is 29.3. The molecule has 4 aromatic rings. The van der Waals surface area contributed by atoms with Crippen molar-refractivity contribution in [3.8, 4) is 0 Å². The van der Waals surface area contributed by atoms with Gasteiger partial charge in [-0.25, -0.2) is 4.79 Å². The molecule has 0 aliphatic carbocycles. The van der Waals surface area contributed by atoms with Gasteiger partial charge in [-0.3, -0.25) is 0 Å². The summed E-state index contributed by atoms with van der Waals surface area (Å²) in [7, 11) is 0. The predicted molar refractivity (Wildman–Crippen MR) is 164 cm³/mol. The van der Waals surface area contributed by atoms with E-state index >= 15 is 0 Å². The Morgan fingerprint density at radius 2 is 1.33 bits per heavy atom. The van der Waals surface area contributed by atoms with E-state index in [9.17, 15) is 4.79 Å². The van der Waals surface area contributed by atoms with Crippen molar-refractivity contribution in [2.75, 3.05) is 0 Å². The van der Waals surface area contributed by atoms with Crippen LogP contribution in [-0.4, -0.2) is 24.3 Å². The first-order valence-electron chi connectivity index (χ1n) is 14.5. The van der Waals surface area contributed by atoms with E-state index in [4.69, 9.17) is 30.5 Å². The van der Waals surface area contributed by atoms with Crippen LogP contribution in [0.1, 0.15) is 59.0 Å². The first kappa shape index (κ1) is 30.0. The van der Waals surface area contributed by atoms with Crippen LogP contribution in [-0.2, 0) is 38.8 Å². The molecule has 1 aliphatic rings. The van der Waals surface area contributed by atoms with Crippen LogP contribution in [0.3, 0.4) is 0 Å². The minimum Gasteiger partial charge on any atom is -0.457 e. The van der Waals surface area contributed by atoms with Gasteiger partial charge >= 0.3 is 5.97 Å². The Balaban J connectivity index is 1.42. The lowest BCUT2D eigenvalue weighted by molar-refractivity contribution is -0.234. The summed E-state index contributed by atoms with van der Waals surface area (Å²) in [6.45, 7) is 5.26. The van der Waals surface area contributed by atoms with E-state index in [-0.39, 0.29) is 30.8 Å². The summed E-state index contributed by atoms with van der Waals surface area (Å²) in [6.07, 6.45) is -0.192. The molecule has 4 aromatic carbocycles. The molecular weight excluding hydrogens is 548 g/mol. The Labute approximate surface area is 253 Å². The molecule has 42 heavy (non-hydrogen) atoms. The molecule has 0 amide bonds. The standard InChI is InChI=1S/C36H37ClO5/c1-3-32-25(2)33(39-22-26-13-7-4-8-14-26)35(40-23-27-15-9-5-10-16-27)34(42-32)29-19-20-31(37)30(21-29)24-41-36(38)28-17-11-6-12-18-28/h4-21,25,32-35H,3,22-24H2,1-2H3/t25-,32-,33+,34+,35-/m1/s1. The van der Waals surface area contributed by atoms with Gasteiger partial charge < -0.3 is 18.9 Å². The molecule has 0 radical (unpaired) electrons. The van der Waals surface area contributed by atoms with Crippen LogP contribution >= 0.6 is 11.6 Å². The number of hydrogen-bond acceptors (Lipinski definition) is 5. The summed E-state index contributed by atoms with van der Waals surface area (Å²) in [5.41, 5.74) is 4.29. The molecule has 0 saturated carbocycles. The number of hydrogen-bond donors (Lipinski definition) is 0. The van der Waals surface area contributed by atoms with Gasteiger partial charge in [-0.05, 0) is 47.4 Å². The first-order chi connectivity index (χ1) is 20.5. The maximum atomic E-state index is 12.6. The van der Waals surface area contributed by atoms with Gasteiger partial charge in [-0.2, -0.15) is 0 Å². The Bertz CT molecular complexity index is 1410. The predicted octanol–water partition coefficient (Wildman–Crippen LogP) is 8.35. The number of carbonyl (C=O) groups is 1. The number of ether oxygens (including phenoxy) is 4. The van der Waals surface area contributed by atoms with Crippen molar-refractivity contribution >= 4 is 17.6 Å². The van der Waals surface area contributed by atoms with E-state index < -0.39 is 12.1 Å². The molecule has 6 heteroatoms. The lowest BCUT2D eigenvalue weighted by Gasteiger charge is -2.46. The highest BCUT2D eigenvalue weighted by Crippen LogP contribution is 2.41. The fraction of sp³-hybridized carbons (Fsp3) is 0.306. The van der Waals surface area contributed by atoms with Gasteiger partial charge in [0.2, 0.25) is 0 Å². The second kappa shape index (κ2) is 14.6. The van der Waals surface area contributed by atoms with Gasteiger partial charge in [0.15, 0.2) is 0 Å². The minimum atomic E-state index is -0.406. The van der Waals surface area contributed by atoms with E-state index in [0.717, 1.165) is 23.1 Å². The smallest absolute Gasteiger partial charge is 0.338 e. The normalized spacial score (nSPS) is 22.0. The summed E-state index contributed by atoms with van der Waals surface area (Å²) < 4.78 is 25.7. The lowest BCUT2D eigenvalue weighted by atomic mass is 9.84. The van der Waals surface area contributed by atoms with Gasteiger partial charge in [0.25, 0.3) is 0 Å². The average molecular weight is 585 g/mol. The number of carbonyl (C=O) groups excluding carboxylic acids is 1. The average Bonchev–Trinajstić information content (AvgIpc) is 3.04. The van der Waals surface area contributed by atoms with Gasteiger partial charge in [-0.1, -0.05) is 110 Å². The van der Waals surface area contributed by atoms with Crippen molar-refractivity contribution in [2.45, 2.75) is 64.5 Å². The van der Waals surface area contributed by atoms with Crippen LogP contribution in [0.2, 0.25) is 5.02 Å². The van der Waals surface area contributed by atoms with Crippen molar-refractivity contribution < 1.29 is 23.7 Å². The molecule has 218 valence electrons.